The summed E-state index contributed by atoms with van der Waals surface area (Å²) in [6, 6.07) is 14.3. The normalized spacial score (nSPS) is 14.8. The highest BCUT2D eigenvalue weighted by Crippen LogP contribution is 2.41. The van der Waals surface area contributed by atoms with Crippen LogP contribution in [0, 0.1) is 5.92 Å². The second-order valence-corrected chi connectivity index (χ2v) is 7.24. The number of carbonyl (C=O) groups excluding carboxylic acids is 2. The molecule has 0 aromatic heterocycles. The third-order valence-electron chi connectivity index (χ3n) is 4.38. The molecular formula is C20H19Cl2NO2. The Bertz CT molecular complexity index is 752. The first-order chi connectivity index (χ1) is 12.0. The Balaban J connectivity index is 1.56. The average Bonchev–Trinajstić information content (AvgIpc) is 3.44. The molecule has 3 rings (SSSR count). The number of nitrogens with one attached hydrogen (secondary N) is 1. The molecule has 1 N–H and O–H groups in total. The minimum atomic E-state index is -0.103. The number of amides is 1. The van der Waals surface area contributed by atoms with Crippen molar-refractivity contribution in [2.24, 2.45) is 5.92 Å². The van der Waals surface area contributed by atoms with Gasteiger partial charge in [0, 0.05) is 28.5 Å². The van der Waals surface area contributed by atoms with Gasteiger partial charge in [0.15, 0.2) is 5.78 Å². The fourth-order valence-electron chi connectivity index (χ4n) is 2.83. The highest BCUT2D eigenvalue weighted by Gasteiger charge is 2.33. The molecule has 1 atom stereocenters. The van der Waals surface area contributed by atoms with Crippen molar-refractivity contribution in [1.29, 1.82) is 0 Å². The van der Waals surface area contributed by atoms with Crippen LogP contribution in [0.15, 0.2) is 48.5 Å². The van der Waals surface area contributed by atoms with Crippen LogP contribution in [0.25, 0.3) is 0 Å². The highest BCUT2D eigenvalue weighted by atomic mass is 35.5. The first kappa shape index (κ1) is 18.0. The molecule has 0 aliphatic heterocycles. The summed E-state index contributed by atoms with van der Waals surface area (Å²) in [6.07, 6.45) is 2.58. The number of hydrogen-bond donors (Lipinski definition) is 1. The maximum Gasteiger partial charge on any atom is 0.220 e. The van der Waals surface area contributed by atoms with Crippen LogP contribution in [0.2, 0.25) is 10.0 Å². The van der Waals surface area contributed by atoms with Gasteiger partial charge in [-0.25, -0.2) is 0 Å². The lowest BCUT2D eigenvalue weighted by atomic mass is 10.0. The smallest absolute Gasteiger partial charge is 0.220 e. The van der Waals surface area contributed by atoms with Crippen LogP contribution in [0.5, 0.6) is 0 Å². The van der Waals surface area contributed by atoms with E-state index in [1.54, 1.807) is 24.3 Å². The van der Waals surface area contributed by atoms with Gasteiger partial charge >= 0.3 is 0 Å². The van der Waals surface area contributed by atoms with Gasteiger partial charge in [0.2, 0.25) is 5.91 Å². The van der Waals surface area contributed by atoms with E-state index in [0.717, 1.165) is 18.4 Å². The van der Waals surface area contributed by atoms with E-state index in [2.05, 4.69) is 5.32 Å². The molecule has 1 amide bonds. The molecule has 0 spiro atoms. The van der Waals surface area contributed by atoms with E-state index in [0.29, 0.717) is 21.5 Å². The van der Waals surface area contributed by atoms with Gasteiger partial charge in [0.1, 0.15) is 0 Å². The molecule has 0 saturated heterocycles. The molecular weight excluding hydrogens is 357 g/mol. The summed E-state index contributed by atoms with van der Waals surface area (Å²) in [4.78, 5) is 24.5. The van der Waals surface area contributed by atoms with Crippen molar-refractivity contribution >= 4 is 34.9 Å². The van der Waals surface area contributed by atoms with Crippen LogP contribution in [0.3, 0.4) is 0 Å². The van der Waals surface area contributed by atoms with Crippen LogP contribution in [0.4, 0.5) is 0 Å². The molecule has 130 valence electrons. The quantitative estimate of drug-likeness (QED) is 0.673. The van der Waals surface area contributed by atoms with E-state index in [9.17, 15) is 9.59 Å². The molecule has 1 aliphatic carbocycles. The molecule has 2 aromatic carbocycles. The predicted octanol–water partition coefficient (Wildman–Crippen LogP) is 5.22. The van der Waals surface area contributed by atoms with Gasteiger partial charge in [-0.3, -0.25) is 9.59 Å². The summed E-state index contributed by atoms with van der Waals surface area (Å²) < 4.78 is 0. The summed E-state index contributed by atoms with van der Waals surface area (Å²) in [7, 11) is 0. The third kappa shape index (κ3) is 5.07. The molecule has 0 bridgehead atoms. The van der Waals surface area contributed by atoms with Crippen molar-refractivity contribution in [3.05, 3.63) is 69.7 Å². The molecule has 5 heteroatoms. The zero-order valence-electron chi connectivity index (χ0n) is 13.7. The van der Waals surface area contributed by atoms with E-state index in [4.69, 9.17) is 23.2 Å². The zero-order valence-corrected chi connectivity index (χ0v) is 15.2. The molecule has 1 fully saturated rings. The Morgan fingerprint density at radius 2 is 1.48 bits per heavy atom. The Morgan fingerprint density at radius 3 is 2.04 bits per heavy atom. The lowest BCUT2D eigenvalue weighted by Crippen LogP contribution is -2.30. The maximum atomic E-state index is 12.3. The van der Waals surface area contributed by atoms with Crippen molar-refractivity contribution in [2.75, 3.05) is 0 Å². The molecule has 1 aliphatic rings. The predicted molar refractivity (Wildman–Crippen MR) is 100 cm³/mol. The zero-order chi connectivity index (χ0) is 17.8. The fourth-order valence-corrected chi connectivity index (χ4v) is 3.08. The molecule has 2 aromatic rings. The number of carbonyl (C=O) groups is 2. The van der Waals surface area contributed by atoms with Gasteiger partial charge in [-0.2, -0.15) is 0 Å². The van der Waals surface area contributed by atoms with E-state index in [1.807, 2.05) is 24.3 Å². The lowest BCUT2D eigenvalue weighted by molar-refractivity contribution is -0.122. The monoisotopic (exact) mass is 375 g/mol. The molecule has 0 radical (unpaired) electrons. The Hall–Kier alpha value is -1.84. The number of benzene rings is 2. The van der Waals surface area contributed by atoms with E-state index < -0.39 is 0 Å². The molecule has 25 heavy (non-hydrogen) atoms. The Kier molecular flexibility index (Phi) is 5.77. The molecule has 3 nitrogen and oxygen atoms in total. The first-order valence-electron chi connectivity index (χ1n) is 8.36. The maximum absolute atomic E-state index is 12.3. The van der Waals surface area contributed by atoms with Gasteiger partial charge in [0.25, 0.3) is 0 Å². The summed E-state index contributed by atoms with van der Waals surface area (Å²) in [5.41, 5.74) is 1.64. The van der Waals surface area contributed by atoms with E-state index >= 15 is 0 Å². The van der Waals surface area contributed by atoms with Gasteiger partial charge < -0.3 is 5.32 Å². The Labute approximate surface area is 157 Å². The van der Waals surface area contributed by atoms with Crippen molar-refractivity contribution < 1.29 is 9.59 Å². The van der Waals surface area contributed by atoms with Crippen LogP contribution in [0.1, 0.15) is 47.6 Å². The lowest BCUT2D eigenvalue weighted by Gasteiger charge is -2.19. The van der Waals surface area contributed by atoms with Gasteiger partial charge in [-0.1, -0.05) is 35.3 Å². The Morgan fingerprint density at radius 1 is 0.920 bits per heavy atom. The van der Waals surface area contributed by atoms with Crippen LogP contribution < -0.4 is 5.32 Å². The number of rotatable bonds is 7. The second-order valence-electron chi connectivity index (χ2n) is 6.36. The number of halogens is 2. The minimum Gasteiger partial charge on any atom is -0.349 e. The molecule has 0 heterocycles. The summed E-state index contributed by atoms with van der Waals surface area (Å²) in [6.45, 7) is 0. The summed E-state index contributed by atoms with van der Waals surface area (Å²) in [5.74, 6) is 0.313. The van der Waals surface area contributed by atoms with Crippen molar-refractivity contribution in [3.63, 3.8) is 0 Å². The minimum absolute atomic E-state index is 0.00426. The van der Waals surface area contributed by atoms with Gasteiger partial charge in [-0.05, 0) is 60.7 Å². The van der Waals surface area contributed by atoms with Crippen molar-refractivity contribution in [3.8, 4) is 0 Å². The van der Waals surface area contributed by atoms with Crippen molar-refractivity contribution in [1.82, 2.24) is 5.32 Å². The number of ketones is 1. The summed E-state index contributed by atoms with van der Waals surface area (Å²) >= 11 is 11.8. The summed E-state index contributed by atoms with van der Waals surface area (Å²) in [5, 5.41) is 4.34. The van der Waals surface area contributed by atoms with Crippen LogP contribution in [-0.4, -0.2) is 11.7 Å². The average molecular weight is 376 g/mol. The third-order valence-corrected chi connectivity index (χ3v) is 4.89. The van der Waals surface area contributed by atoms with Gasteiger partial charge in [0.05, 0.1) is 6.04 Å². The molecule has 1 saturated carbocycles. The largest absolute Gasteiger partial charge is 0.349 e. The standard InChI is InChI=1S/C20H19Cl2NO2/c21-16-7-3-13(4-8-16)18(24)11-12-19(25)23-20(14-1-2-14)15-5-9-17(22)10-6-15/h3-10,14,20H,1-2,11-12H2,(H,23,25). The number of Topliss-reactive ketones (excluding diaryl/α,β-unsaturated/α-hetero) is 1. The fraction of sp³-hybridized carbons (Fsp3) is 0.300. The van der Waals surface area contributed by atoms with Gasteiger partial charge in [-0.15, -0.1) is 0 Å². The van der Waals surface area contributed by atoms with Crippen LogP contribution in [-0.2, 0) is 4.79 Å². The molecule has 1 unspecified atom stereocenters. The van der Waals surface area contributed by atoms with Crippen molar-refractivity contribution in [2.45, 2.75) is 31.7 Å². The van der Waals surface area contributed by atoms with Crippen LogP contribution >= 0.6 is 23.2 Å². The second kappa shape index (κ2) is 8.03. The SMILES string of the molecule is O=C(CCC(=O)c1ccc(Cl)cc1)NC(c1ccc(Cl)cc1)C1CC1. The van der Waals surface area contributed by atoms with E-state index in [1.165, 1.54) is 0 Å². The topological polar surface area (TPSA) is 46.2 Å². The van der Waals surface area contributed by atoms with E-state index in [-0.39, 0.29) is 30.6 Å². The first-order valence-corrected chi connectivity index (χ1v) is 9.12. The highest BCUT2D eigenvalue weighted by molar-refractivity contribution is 6.30. The number of hydrogen-bond acceptors (Lipinski definition) is 2.